The van der Waals surface area contributed by atoms with Gasteiger partial charge in [0, 0.05) is 26.2 Å². The normalized spacial score (nSPS) is 15.4. The molecule has 0 aliphatic rings. The first-order valence-corrected chi connectivity index (χ1v) is 13.7. The highest BCUT2D eigenvalue weighted by Crippen LogP contribution is 2.23. The SMILES string of the molecule is CCCNCCOC(OCCNCCN)(OCCC(CC)CCN)OCCC(CC)CCCN. The van der Waals surface area contributed by atoms with Crippen molar-refractivity contribution in [3.05, 3.63) is 0 Å². The summed E-state index contributed by atoms with van der Waals surface area (Å²) >= 11 is 0. The number of ether oxygens (including phenoxy) is 4. The summed E-state index contributed by atoms with van der Waals surface area (Å²) in [7, 11) is 0. The van der Waals surface area contributed by atoms with E-state index >= 15 is 0 Å². The van der Waals surface area contributed by atoms with Gasteiger partial charge in [-0.3, -0.25) is 0 Å². The molecule has 0 aromatic carbocycles. The second-order valence-corrected chi connectivity index (χ2v) is 8.82. The minimum Gasteiger partial charge on any atom is -0.330 e. The molecule has 0 aromatic heterocycles. The quantitative estimate of drug-likeness (QED) is 0.0863. The Kier molecular flexibility index (Phi) is 24.1. The van der Waals surface area contributed by atoms with Crippen LogP contribution in [0, 0.1) is 11.8 Å². The van der Waals surface area contributed by atoms with Gasteiger partial charge in [-0.1, -0.05) is 33.6 Å². The zero-order valence-electron chi connectivity index (χ0n) is 22.5. The van der Waals surface area contributed by atoms with E-state index in [1.807, 2.05) is 0 Å². The van der Waals surface area contributed by atoms with Crippen molar-refractivity contribution in [3.63, 3.8) is 0 Å². The topological polar surface area (TPSA) is 139 Å². The summed E-state index contributed by atoms with van der Waals surface area (Å²) in [5, 5.41) is 6.60. The van der Waals surface area contributed by atoms with Crippen LogP contribution in [0.15, 0.2) is 0 Å². The summed E-state index contributed by atoms with van der Waals surface area (Å²) in [6, 6.07) is 0. The van der Waals surface area contributed by atoms with Gasteiger partial charge in [0.05, 0.1) is 26.4 Å². The Bertz CT molecular complexity index is 407. The molecule has 0 aromatic rings. The Hall–Kier alpha value is -0.360. The highest BCUT2D eigenvalue weighted by molar-refractivity contribution is 4.61. The van der Waals surface area contributed by atoms with Gasteiger partial charge in [-0.05, 0) is 70.0 Å². The lowest BCUT2D eigenvalue weighted by Crippen LogP contribution is -2.46. The Morgan fingerprint density at radius 1 is 0.588 bits per heavy atom. The van der Waals surface area contributed by atoms with E-state index in [1.165, 1.54) is 0 Å². The van der Waals surface area contributed by atoms with Crippen LogP contribution < -0.4 is 27.8 Å². The average molecular weight is 492 g/mol. The zero-order valence-corrected chi connectivity index (χ0v) is 22.5. The fourth-order valence-electron chi connectivity index (χ4n) is 3.72. The van der Waals surface area contributed by atoms with Crippen molar-refractivity contribution < 1.29 is 18.9 Å². The Balaban J connectivity index is 5.13. The third-order valence-corrected chi connectivity index (χ3v) is 6.02. The van der Waals surface area contributed by atoms with Crippen LogP contribution in [0.3, 0.4) is 0 Å². The van der Waals surface area contributed by atoms with Crippen LogP contribution >= 0.6 is 0 Å². The van der Waals surface area contributed by atoms with Crippen molar-refractivity contribution in [2.75, 3.05) is 72.2 Å². The molecule has 0 fully saturated rings. The second-order valence-electron chi connectivity index (χ2n) is 8.82. The number of rotatable bonds is 27. The van der Waals surface area contributed by atoms with Crippen LogP contribution in [0.25, 0.3) is 0 Å². The molecule has 3 atom stereocenters. The highest BCUT2D eigenvalue weighted by atomic mass is 17.0. The number of nitrogens with one attached hydrogen (secondary N) is 2. The van der Waals surface area contributed by atoms with Gasteiger partial charge in [0.2, 0.25) is 0 Å². The summed E-state index contributed by atoms with van der Waals surface area (Å²) in [5.41, 5.74) is 17.0. The molecule has 9 heteroatoms. The molecular weight excluding hydrogens is 434 g/mol. The average Bonchev–Trinajstić information content (AvgIpc) is 2.85. The largest absolute Gasteiger partial charge is 0.412 e. The number of hydrogen-bond donors (Lipinski definition) is 5. The first-order chi connectivity index (χ1) is 16.6. The van der Waals surface area contributed by atoms with Gasteiger partial charge in [-0.2, -0.15) is 0 Å². The van der Waals surface area contributed by atoms with Crippen molar-refractivity contribution in [3.8, 4) is 0 Å². The van der Waals surface area contributed by atoms with Gasteiger partial charge in [0.1, 0.15) is 0 Å². The third-order valence-electron chi connectivity index (χ3n) is 6.02. The maximum Gasteiger partial charge on any atom is 0.412 e. The molecule has 9 nitrogen and oxygen atoms in total. The molecule has 34 heavy (non-hydrogen) atoms. The van der Waals surface area contributed by atoms with Crippen LogP contribution in [-0.4, -0.2) is 78.4 Å². The highest BCUT2D eigenvalue weighted by Gasteiger charge is 2.36. The molecule has 0 aliphatic carbocycles. The predicted molar refractivity (Wildman–Crippen MR) is 140 cm³/mol. The molecule has 3 unspecified atom stereocenters. The fraction of sp³-hybridized carbons (Fsp3) is 1.00. The first-order valence-electron chi connectivity index (χ1n) is 13.7. The van der Waals surface area contributed by atoms with Gasteiger partial charge in [0.15, 0.2) is 0 Å². The predicted octanol–water partition coefficient (Wildman–Crippen LogP) is 2.13. The molecule has 0 radical (unpaired) electrons. The molecule has 0 spiro atoms. The summed E-state index contributed by atoms with van der Waals surface area (Å²) in [6.07, 6.45) is 6.65. The molecule has 8 N–H and O–H groups in total. The summed E-state index contributed by atoms with van der Waals surface area (Å²) < 4.78 is 24.7. The van der Waals surface area contributed by atoms with Crippen molar-refractivity contribution in [2.45, 2.75) is 78.3 Å². The minimum absolute atomic E-state index is 0.396. The standard InChI is InChI=1S/C25H57N5O4/c1-4-15-29-17-21-33-25(34-22-18-30-16-14-28,32-20-11-24(6-3)9-13-27)31-19-10-23(5-2)8-7-12-26/h23-24,29-30H,4-22,26-28H2,1-3H3. The third kappa shape index (κ3) is 18.0. The molecule has 0 bridgehead atoms. The van der Waals surface area contributed by atoms with Crippen LogP contribution in [0.1, 0.15) is 72.1 Å². The van der Waals surface area contributed by atoms with Crippen LogP contribution in [0.2, 0.25) is 0 Å². The lowest BCUT2D eigenvalue weighted by molar-refractivity contribution is -0.499. The molecule has 206 valence electrons. The van der Waals surface area contributed by atoms with Crippen molar-refractivity contribution in [1.29, 1.82) is 0 Å². The molecule has 0 heterocycles. The fourth-order valence-corrected chi connectivity index (χ4v) is 3.72. The van der Waals surface area contributed by atoms with Gasteiger partial charge < -0.3 is 46.8 Å². The smallest absolute Gasteiger partial charge is 0.330 e. The molecule has 0 saturated carbocycles. The lowest BCUT2D eigenvalue weighted by atomic mass is 9.97. The Labute approximate surface area is 209 Å². The van der Waals surface area contributed by atoms with E-state index in [2.05, 4.69) is 31.4 Å². The summed E-state index contributed by atoms with van der Waals surface area (Å²) in [4.78, 5) is 0. The molecule has 0 rings (SSSR count). The van der Waals surface area contributed by atoms with Crippen LogP contribution in [0.4, 0.5) is 0 Å². The van der Waals surface area contributed by atoms with Gasteiger partial charge in [-0.15, -0.1) is 0 Å². The Morgan fingerprint density at radius 3 is 1.59 bits per heavy atom. The van der Waals surface area contributed by atoms with E-state index in [9.17, 15) is 0 Å². The van der Waals surface area contributed by atoms with Crippen LogP contribution in [-0.2, 0) is 18.9 Å². The van der Waals surface area contributed by atoms with Gasteiger partial charge in [-0.25, -0.2) is 0 Å². The lowest BCUT2D eigenvalue weighted by Gasteiger charge is -2.33. The van der Waals surface area contributed by atoms with Crippen molar-refractivity contribution in [1.82, 2.24) is 10.6 Å². The number of nitrogens with two attached hydrogens (primary N) is 3. The van der Waals surface area contributed by atoms with E-state index in [1.54, 1.807) is 0 Å². The van der Waals surface area contributed by atoms with Crippen molar-refractivity contribution in [2.24, 2.45) is 29.0 Å². The van der Waals surface area contributed by atoms with E-state index in [0.29, 0.717) is 64.4 Å². The van der Waals surface area contributed by atoms with E-state index in [0.717, 1.165) is 71.0 Å². The zero-order chi connectivity index (χ0) is 25.3. The Morgan fingerprint density at radius 2 is 1.12 bits per heavy atom. The molecule has 0 amide bonds. The van der Waals surface area contributed by atoms with Gasteiger partial charge in [0.25, 0.3) is 0 Å². The second kappa shape index (κ2) is 24.3. The van der Waals surface area contributed by atoms with Gasteiger partial charge >= 0.3 is 6.16 Å². The first kappa shape index (κ1) is 33.6. The molecular formula is C25H57N5O4. The maximum absolute atomic E-state index is 6.23. The van der Waals surface area contributed by atoms with Crippen LogP contribution in [0.5, 0.6) is 0 Å². The maximum atomic E-state index is 6.23. The number of hydrogen-bond acceptors (Lipinski definition) is 9. The molecule has 0 saturated heterocycles. The van der Waals surface area contributed by atoms with Crippen molar-refractivity contribution >= 4 is 0 Å². The summed E-state index contributed by atoms with van der Waals surface area (Å²) in [5.74, 6) is 1.08. The van der Waals surface area contributed by atoms with E-state index in [4.69, 9.17) is 36.1 Å². The van der Waals surface area contributed by atoms with E-state index in [-0.39, 0.29) is 0 Å². The summed E-state index contributed by atoms with van der Waals surface area (Å²) in [6.45, 7) is 13.4. The van der Waals surface area contributed by atoms with E-state index < -0.39 is 6.16 Å². The monoisotopic (exact) mass is 491 g/mol. The molecule has 0 aliphatic heterocycles. The minimum atomic E-state index is -1.51.